The lowest BCUT2D eigenvalue weighted by Crippen LogP contribution is -2.25. The lowest BCUT2D eigenvalue weighted by Gasteiger charge is -2.11. The molecule has 0 aliphatic rings. The molecule has 20 heavy (non-hydrogen) atoms. The number of amides is 1. The van der Waals surface area contributed by atoms with E-state index in [-0.39, 0.29) is 37.3 Å². The van der Waals surface area contributed by atoms with Crippen molar-refractivity contribution in [2.45, 2.75) is 6.92 Å². The van der Waals surface area contributed by atoms with E-state index >= 15 is 0 Å². The molecule has 6 nitrogen and oxygen atoms in total. The van der Waals surface area contributed by atoms with Gasteiger partial charge in [0, 0.05) is 18.6 Å². The third-order valence-corrected chi connectivity index (χ3v) is 2.45. The van der Waals surface area contributed by atoms with E-state index in [2.05, 4.69) is 20.6 Å². The number of anilines is 1. The maximum Gasteiger partial charge on any atom is 0.238 e. The molecule has 0 atom stereocenters. The zero-order chi connectivity index (χ0) is 13.0. The summed E-state index contributed by atoms with van der Waals surface area (Å²) in [6.07, 6.45) is 5.19. The van der Waals surface area contributed by atoms with Gasteiger partial charge in [0.2, 0.25) is 5.91 Å². The summed E-state index contributed by atoms with van der Waals surface area (Å²) in [5, 5.41) is 5.62. The van der Waals surface area contributed by atoms with E-state index in [9.17, 15) is 4.79 Å². The summed E-state index contributed by atoms with van der Waals surface area (Å²) < 4.78 is 1.83. The second kappa shape index (κ2) is 8.52. The number of pyridine rings is 1. The second-order valence-electron chi connectivity index (χ2n) is 3.80. The van der Waals surface area contributed by atoms with Gasteiger partial charge in [0.25, 0.3) is 0 Å². The van der Waals surface area contributed by atoms with Gasteiger partial charge in [-0.2, -0.15) is 0 Å². The van der Waals surface area contributed by atoms with Crippen LogP contribution in [0.1, 0.15) is 5.82 Å². The Hall–Kier alpha value is -1.63. The van der Waals surface area contributed by atoms with E-state index in [1.807, 2.05) is 23.8 Å². The highest BCUT2D eigenvalue weighted by molar-refractivity contribution is 5.93. The summed E-state index contributed by atoms with van der Waals surface area (Å²) in [5.41, 5.74) is 0.666. The minimum atomic E-state index is -0.107. The van der Waals surface area contributed by atoms with Crippen molar-refractivity contribution in [3.05, 3.63) is 36.5 Å². The molecule has 0 fully saturated rings. The quantitative estimate of drug-likeness (QED) is 0.898. The van der Waals surface area contributed by atoms with Gasteiger partial charge in [0.1, 0.15) is 5.82 Å². The topological polar surface area (TPSA) is 71.8 Å². The van der Waals surface area contributed by atoms with Gasteiger partial charge in [-0.1, -0.05) is 0 Å². The van der Waals surface area contributed by atoms with Crippen molar-refractivity contribution < 1.29 is 4.79 Å². The molecule has 2 rings (SSSR count). The molecule has 2 aromatic heterocycles. The summed E-state index contributed by atoms with van der Waals surface area (Å²) in [4.78, 5) is 20.0. The Labute approximate surface area is 129 Å². The lowest BCUT2D eigenvalue weighted by molar-refractivity contribution is -0.115. The van der Waals surface area contributed by atoms with Crippen molar-refractivity contribution in [3.8, 4) is 5.82 Å². The fourth-order valence-electron chi connectivity index (χ4n) is 1.64. The number of likely N-dealkylation sites (N-methyl/N-ethyl adjacent to an activating group) is 1. The van der Waals surface area contributed by atoms with Crippen molar-refractivity contribution in [1.82, 2.24) is 19.9 Å². The number of hydrogen-bond acceptors (Lipinski definition) is 4. The molecule has 0 radical (unpaired) electrons. The highest BCUT2D eigenvalue weighted by Gasteiger charge is 2.10. The number of nitrogens with zero attached hydrogens (tertiary/aromatic N) is 3. The molecule has 8 heteroatoms. The third-order valence-electron chi connectivity index (χ3n) is 2.45. The Balaban J connectivity index is 0.00000180. The molecule has 0 saturated heterocycles. The van der Waals surface area contributed by atoms with Crippen LogP contribution >= 0.6 is 24.8 Å². The molecule has 0 aliphatic carbocycles. The standard InChI is InChI=1S/C12H15N5O.2ClH/c1-9-14-6-7-17(9)12-10(4-3-5-15-12)16-11(18)8-13-2;;/h3-7,13H,8H2,1-2H3,(H,16,18);2*1H. The normalized spacial score (nSPS) is 9.30. The molecule has 0 unspecified atom stereocenters. The summed E-state index contributed by atoms with van der Waals surface area (Å²) in [7, 11) is 1.73. The molecular weight excluding hydrogens is 301 g/mol. The number of aromatic nitrogens is 3. The van der Waals surface area contributed by atoms with Gasteiger partial charge >= 0.3 is 0 Å². The lowest BCUT2D eigenvalue weighted by atomic mass is 10.3. The molecule has 2 N–H and O–H groups in total. The number of hydrogen-bond donors (Lipinski definition) is 2. The number of carbonyl (C=O) groups is 1. The number of nitrogens with one attached hydrogen (secondary N) is 2. The molecule has 2 heterocycles. The molecule has 0 bridgehead atoms. The minimum Gasteiger partial charge on any atom is -0.322 e. The monoisotopic (exact) mass is 317 g/mol. The van der Waals surface area contributed by atoms with Crippen molar-refractivity contribution >= 4 is 36.4 Å². The van der Waals surface area contributed by atoms with Gasteiger partial charge in [-0.05, 0) is 26.1 Å². The molecule has 0 saturated carbocycles. The molecule has 0 aliphatic heterocycles. The van der Waals surface area contributed by atoms with Gasteiger partial charge in [-0.3, -0.25) is 9.36 Å². The Morgan fingerprint density at radius 3 is 2.65 bits per heavy atom. The minimum absolute atomic E-state index is 0. The van der Waals surface area contributed by atoms with Gasteiger partial charge in [-0.25, -0.2) is 9.97 Å². The summed E-state index contributed by atoms with van der Waals surface area (Å²) in [6.45, 7) is 2.14. The van der Waals surface area contributed by atoms with E-state index in [0.29, 0.717) is 11.5 Å². The van der Waals surface area contributed by atoms with E-state index < -0.39 is 0 Å². The van der Waals surface area contributed by atoms with E-state index in [1.54, 1.807) is 25.5 Å². The first-order chi connectivity index (χ1) is 8.72. The average Bonchev–Trinajstić information content (AvgIpc) is 2.76. The highest BCUT2D eigenvalue weighted by Crippen LogP contribution is 2.18. The zero-order valence-electron chi connectivity index (χ0n) is 11.2. The van der Waals surface area contributed by atoms with Crippen LogP contribution in [0.5, 0.6) is 0 Å². The van der Waals surface area contributed by atoms with E-state index in [1.165, 1.54) is 0 Å². The summed E-state index contributed by atoms with van der Waals surface area (Å²) in [5.74, 6) is 1.37. The van der Waals surface area contributed by atoms with Crippen molar-refractivity contribution in [2.24, 2.45) is 0 Å². The Bertz CT molecular complexity index is 558. The van der Waals surface area contributed by atoms with Crippen LogP contribution in [-0.4, -0.2) is 34.0 Å². The molecule has 1 amide bonds. The van der Waals surface area contributed by atoms with Crippen LogP contribution in [-0.2, 0) is 4.79 Å². The highest BCUT2D eigenvalue weighted by atomic mass is 35.5. The second-order valence-corrected chi connectivity index (χ2v) is 3.80. The number of rotatable bonds is 4. The van der Waals surface area contributed by atoms with Crippen LogP contribution in [0.4, 0.5) is 5.69 Å². The van der Waals surface area contributed by atoms with Gasteiger partial charge in [0.15, 0.2) is 5.82 Å². The predicted molar refractivity (Wildman–Crippen MR) is 83.1 cm³/mol. The SMILES string of the molecule is CNCC(=O)Nc1cccnc1-n1ccnc1C.Cl.Cl. The van der Waals surface area contributed by atoms with Crippen LogP contribution in [0.15, 0.2) is 30.7 Å². The number of carbonyl (C=O) groups excluding carboxylic acids is 1. The Kier molecular flexibility index (Phi) is 7.83. The molecule has 110 valence electrons. The first-order valence-corrected chi connectivity index (χ1v) is 5.62. The first-order valence-electron chi connectivity index (χ1n) is 5.62. The van der Waals surface area contributed by atoms with Crippen LogP contribution < -0.4 is 10.6 Å². The van der Waals surface area contributed by atoms with Crippen molar-refractivity contribution in [1.29, 1.82) is 0 Å². The third kappa shape index (κ3) is 4.19. The van der Waals surface area contributed by atoms with Crippen LogP contribution in [0, 0.1) is 6.92 Å². The van der Waals surface area contributed by atoms with Crippen molar-refractivity contribution in [2.75, 3.05) is 18.9 Å². The summed E-state index contributed by atoms with van der Waals surface area (Å²) >= 11 is 0. The van der Waals surface area contributed by atoms with Crippen LogP contribution in [0.25, 0.3) is 5.82 Å². The number of imidazole rings is 1. The molecule has 0 aromatic carbocycles. The largest absolute Gasteiger partial charge is 0.322 e. The van der Waals surface area contributed by atoms with E-state index in [0.717, 1.165) is 5.82 Å². The molecule has 0 spiro atoms. The maximum absolute atomic E-state index is 11.6. The fraction of sp³-hybridized carbons (Fsp3) is 0.250. The maximum atomic E-state index is 11.6. The van der Waals surface area contributed by atoms with Gasteiger partial charge in [-0.15, -0.1) is 24.8 Å². The fourth-order valence-corrected chi connectivity index (χ4v) is 1.64. The number of halogens is 2. The smallest absolute Gasteiger partial charge is 0.238 e. The average molecular weight is 318 g/mol. The van der Waals surface area contributed by atoms with Crippen molar-refractivity contribution in [3.63, 3.8) is 0 Å². The summed E-state index contributed by atoms with van der Waals surface area (Å²) in [6, 6.07) is 3.60. The molecule has 2 aromatic rings. The Morgan fingerprint density at radius 1 is 1.30 bits per heavy atom. The first kappa shape index (κ1) is 18.4. The van der Waals surface area contributed by atoms with Crippen LogP contribution in [0.3, 0.4) is 0 Å². The zero-order valence-corrected chi connectivity index (χ0v) is 12.8. The number of aryl methyl sites for hydroxylation is 1. The van der Waals surface area contributed by atoms with E-state index in [4.69, 9.17) is 0 Å². The van der Waals surface area contributed by atoms with Crippen LogP contribution in [0.2, 0.25) is 0 Å². The Morgan fingerprint density at radius 2 is 2.05 bits per heavy atom. The molecular formula is C12H17Cl2N5O. The van der Waals surface area contributed by atoms with Gasteiger partial charge < -0.3 is 10.6 Å². The predicted octanol–water partition coefficient (Wildman–Crippen LogP) is 1.58. The van der Waals surface area contributed by atoms with Gasteiger partial charge in [0.05, 0.1) is 12.2 Å².